The highest BCUT2D eigenvalue weighted by Crippen LogP contribution is 2.39. The number of aromatic nitrogens is 1. The Hall–Kier alpha value is -0.700. The van der Waals surface area contributed by atoms with Gasteiger partial charge in [-0.05, 0) is 19.1 Å². The minimum Gasteiger partial charge on any atom is -0.360 e. The topological polar surface area (TPSA) is 16.1 Å². The van der Waals surface area contributed by atoms with E-state index in [2.05, 4.69) is 29.9 Å². The van der Waals surface area contributed by atoms with Crippen molar-refractivity contribution in [3.05, 3.63) is 18.3 Å². The van der Waals surface area contributed by atoms with Crippen LogP contribution in [-0.4, -0.2) is 17.4 Å². The van der Waals surface area contributed by atoms with E-state index in [0.717, 1.165) is 5.03 Å². The highest BCUT2D eigenvalue weighted by atomic mass is 32.2. The molecule has 1 atom stereocenters. The van der Waals surface area contributed by atoms with Gasteiger partial charge in [-0.3, -0.25) is 0 Å². The van der Waals surface area contributed by atoms with E-state index in [-0.39, 0.29) is 0 Å². The lowest BCUT2D eigenvalue weighted by molar-refractivity contribution is 0.918. The molecule has 0 saturated carbocycles. The van der Waals surface area contributed by atoms with Crippen LogP contribution in [0.3, 0.4) is 0 Å². The molecular weight excluding hydrogens is 156 g/mol. The molecule has 0 radical (unpaired) electrons. The van der Waals surface area contributed by atoms with Crippen LogP contribution >= 0.6 is 11.8 Å². The van der Waals surface area contributed by atoms with Crippen LogP contribution in [0.15, 0.2) is 23.4 Å². The average Bonchev–Trinajstić information content (AvgIpc) is 2.30. The number of anilines is 1. The summed E-state index contributed by atoms with van der Waals surface area (Å²) < 4.78 is 0. The summed E-state index contributed by atoms with van der Waals surface area (Å²) in [5, 5.41) is 1.68. The predicted octanol–water partition coefficient (Wildman–Crippen LogP) is 1.97. The molecule has 0 saturated heterocycles. The van der Waals surface area contributed by atoms with Crippen molar-refractivity contribution in [2.45, 2.75) is 17.3 Å². The lowest BCUT2D eigenvalue weighted by atomic mass is 10.4. The minimum atomic E-state index is 0.528. The van der Waals surface area contributed by atoms with Gasteiger partial charge in [0.15, 0.2) is 0 Å². The first kappa shape index (κ1) is 6.98. The predicted molar refractivity (Wildman–Crippen MR) is 48.0 cm³/mol. The van der Waals surface area contributed by atoms with Crippen LogP contribution < -0.4 is 4.90 Å². The molecule has 2 rings (SSSR count). The van der Waals surface area contributed by atoms with Crippen molar-refractivity contribution in [2.24, 2.45) is 0 Å². The van der Waals surface area contributed by atoms with Gasteiger partial charge in [0.05, 0.1) is 11.1 Å². The van der Waals surface area contributed by atoms with Gasteiger partial charge < -0.3 is 4.90 Å². The molecule has 2 nitrogen and oxygen atoms in total. The zero-order valence-electron chi connectivity index (χ0n) is 6.61. The fraction of sp³-hybridized carbons (Fsp3) is 0.375. The summed E-state index contributed by atoms with van der Waals surface area (Å²) in [5.41, 5.74) is 1.25. The maximum atomic E-state index is 4.28. The van der Waals surface area contributed by atoms with Crippen molar-refractivity contribution in [2.75, 3.05) is 11.9 Å². The third-order valence-electron chi connectivity index (χ3n) is 1.96. The second kappa shape index (κ2) is 2.41. The van der Waals surface area contributed by atoms with Crippen LogP contribution in [0, 0.1) is 0 Å². The molecule has 1 aromatic rings. The Kier molecular flexibility index (Phi) is 1.53. The molecule has 1 unspecified atom stereocenters. The van der Waals surface area contributed by atoms with Gasteiger partial charge >= 0.3 is 0 Å². The Morgan fingerprint density at radius 3 is 3.18 bits per heavy atom. The van der Waals surface area contributed by atoms with E-state index >= 15 is 0 Å². The van der Waals surface area contributed by atoms with E-state index in [4.69, 9.17) is 0 Å². The molecule has 0 amide bonds. The first-order chi connectivity index (χ1) is 5.29. The van der Waals surface area contributed by atoms with E-state index in [0.29, 0.717) is 5.37 Å². The van der Waals surface area contributed by atoms with Crippen molar-refractivity contribution >= 4 is 17.4 Å². The first-order valence-electron chi connectivity index (χ1n) is 3.63. The molecular formula is C8H10N2S. The average molecular weight is 166 g/mol. The van der Waals surface area contributed by atoms with Gasteiger partial charge in [-0.25, -0.2) is 4.98 Å². The smallest absolute Gasteiger partial charge is 0.121 e. The van der Waals surface area contributed by atoms with Crippen molar-refractivity contribution in [1.29, 1.82) is 0 Å². The number of nitrogens with zero attached hydrogens (tertiary/aromatic N) is 2. The molecule has 1 aromatic heterocycles. The number of hydrogen-bond acceptors (Lipinski definition) is 3. The summed E-state index contributed by atoms with van der Waals surface area (Å²) >= 11 is 1.81. The van der Waals surface area contributed by atoms with Crippen LogP contribution in [0.1, 0.15) is 6.92 Å². The first-order valence-corrected chi connectivity index (χ1v) is 4.51. The number of fused-ring (bicyclic) bond motifs is 1. The van der Waals surface area contributed by atoms with Gasteiger partial charge in [0.1, 0.15) is 5.03 Å². The van der Waals surface area contributed by atoms with Crippen molar-refractivity contribution in [3.63, 3.8) is 0 Å². The van der Waals surface area contributed by atoms with Crippen LogP contribution in [-0.2, 0) is 0 Å². The van der Waals surface area contributed by atoms with Gasteiger partial charge in [0, 0.05) is 13.2 Å². The summed E-state index contributed by atoms with van der Waals surface area (Å²) in [6.45, 7) is 2.19. The monoisotopic (exact) mass is 166 g/mol. The van der Waals surface area contributed by atoms with E-state index in [9.17, 15) is 0 Å². The number of thioether (sulfide) groups is 1. The minimum absolute atomic E-state index is 0.528. The molecule has 1 aliphatic rings. The molecule has 1 aliphatic heterocycles. The fourth-order valence-electron chi connectivity index (χ4n) is 1.18. The third-order valence-corrected chi connectivity index (χ3v) is 3.15. The molecule has 3 heteroatoms. The Labute approximate surface area is 70.6 Å². The Morgan fingerprint density at radius 2 is 2.45 bits per heavy atom. The molecule has 58 valence electrons. The molecule has 0 fully saturated rings. The number of pyridine rings is 1. The molecule has 2 heterocycles. The summed E-state index contributed by atoms with van der Waals surface area (Å²) in [7, 11) is 2.10. The number of hydrogen-bond donors (Lipinski definition) is 0. The molecule has 0 spiro atoms. The van der Waals surface area contributed by atoms with Crippen molar-refractivity contribution < 1.29 is 0 Å². The largest absolute Gasteiger partial charge is 0.360 e. The lowest BCUT2D eigenvalue weighted by Gasteiger charge is -2.15. The Balaban J connectivity index is 2.47. The Morgan fingerprint density at radius 1 is 1.64 bits per heavy atom. The van der Waals surface area contributed by atoms with Gasteiger partial charge in [-0.15, -0.1) is 0 Å². The zero-order chi connectivity index (χ0) is 7.84. The molecule has 0 aromatic carbocycles. The van der Waals surface area contributed by atoms with E-state index < -0.39 is 0 Å². The third kappa shape index (κ3) is 0.997. The quantitative estimate of drug-likeness (QED) is 0.586. The van der Waals surface area contributed by atoms with Crippen molar-refractivity contribution in [1.82, 2.24) is 4.98 Å². The Bertz CT molecular complexity index is 275. The lowest BCUT2D eigenvalue weighted by Crippen LogP contribution is -2.20. The van der Waals surface area contributed by atoms with Gasteiger partial charge in [0.2, 0.25) is 0 Å². The summed E-state index contributed by atoms with van der Waals surface area (Å²) in [5.74, 6) is 0. The van der Waals surface area contributed by atoms with E-state index in [1.807, 2.05) is 24.0 Å². The maximum absolute atomic E-state index is 4.28. The molecule has 0 bridgehead atoms. The number of rotatable bonds is 0. The summed E-state index contributed by atoms with van der Waals surface area (Å²) in [6.07, 6.45) is 1.84. The van der Waals surface area contributed by atoms with Crippen LogP contribution in [0.4, 0.5) is 5.69 Å². The van der Waals surface area contributed by atoms with Crippen LogP contribution in [0.5, 0.6) is 0 Å². The molecule has 11 heavy (non-hydrogen) atoms. The maximum Gasteiger partial charge on any atom is 0.121 e. The standard InChI is InChI=1S/C8H10N2S/c1-6-10(2)7-4-3-5-9-8(7)11-6/h3-6H,1-2H3. The van der Waals surface area contributed by atoms with Crippen LogP contribution in [0.2, 0.25) is 0 Å². The fourth-order valence-corrected chi connectivity index (χ4v) is 2.23. The van der Waals surface area contributed by atoms with E-state index in [1.54, 1.807) is 0 Å². The van der Waals surface area contributed by atoms with Gasteiger partial charge in [-0.2, -0.15) is 0 Å². The zero-order valence-corrected chi connectivity index (χ0v) is 7.43. The normalized spacial score (nSPS) is 22.0. The highest BCUT2D eigenvalue weighted by Gasteiger charge is 2.23. The molecule has 0 N–H and O–H groups in total. The van der Waals surface area contributed by atoms with Crippen LogP contribution in [0.25, 0.3) is 0 Å². The molecule has 0 aliphatic carbocycles. The second-order valence-electron chi connectivity index (χ2n) is 2.66. The summed E-state index contributed by atoms with van der Waals surface area (Å²) in [4.78, 5) is 6.52. The summed E-state index contributed by atoms with van der Waals surface area (Å²) in [6, 6.07) is 4.09. The van der Waals surface area contributed by atoms with Gasteiger partial charge in [0.25, 0.3) is 0 Å². The SMILES string of the molecule is CC1Sc2ncccc2N1C. The second-order valence-corrected chi connectivity index (χ2v) is 3.96. The van der Waals surface area contributed by atoms with Gasteiger partial charge in [-0.1, -0.05) is 11.8 Å². The highest BCUT2D eigenvalue weighted by molar-refractivity contribution is 8.00. The van der Waals surface area contributed by atoms with E-state index in [1.165, 1.54) is 5.69 Å². The van der Waals surface area contributed by atoms with Crippen molar-refractivity contribution in [3.8, 4) is 0 Å².